The second-order valence-corrected chi connectivity index (χ2v) is 4.24. The number of nitrogens with two attached hydrogens (primary N) is 1. The highest BCUT2D eigenvalue weighted by Gasteiger charge is 2.03. The molecule has 0 spiro atoms. The Hall–Kier alpha value is -1.28. The number of nitrogens with one attached hydrogen (secondary N) is 3. The van der Waals surface area contributed by atoms with Crippen LogP contribution >= 0.6 is 0 Å². The lowest BCUT2D eigenvalue weighted by Gasteiger charge is -2.09. The standard InChI is InChI=1S/C12H25N5O2/c13-3-4-14-5-6-15-7-8-16-9-10-17-11(18)1-2-12(17)19/h1-2,14-16,18-19H,3-10,13H2. The first-order chi connectivity index (χ1) is 9.25. The van der Waals surface area contributed by atoms with Crippen LogP contribution in [0.1, 0.15) is 0 Å². The third kappa shape index (κ3) is 6.44. The first-order valence-corrected chi connectivity index (χ1v) is 6.65. The number of aromatic hydroxyl groups is 2. The summed E-state index contributed by atoms with van der Waals surface area (Å²) < 4.78 is 1.46. The van der Waals surface area contributed by atoms with Gasteiger partial charge in [0.05, 0.1) is 0 Å². The van der Waals surface area contributed by atoms with Crippen molar-refractivity contribution in [3.8, 4) is 11.8 Å². The fourth-order valence-electron chi connectivity index (χ4n) is 1.70. The number of hydrogen-bond donors (Lipinski definition) is 6. The highest BCUT2D eigenvalue weighted by atomic mass is 16.3. The maximum atomic E-state index is 9.42. The van der Waals surface area contributed by atoms with Crippen molar-refractivity contribution in [3.05, 3.63) is 12.1 Å². The molecule has 19 heavy (non-hydrogen) atoms. The third-order valence-electron chi connectivity index (χ3n) is 2.72. The molecule has 0 bridgehead atoms. The molecule has 0 amide bonds. The molecule has 0 saturated carbocycles. The van der Waals surface area contributed by atoms with Gasteiger partial charge in [-0.05, 0) is 0 Å². The summed E-state index contributed by atoms with van der Waals surface area (Å²) in [7, 11) is 0. The van der Waals surface area contributed by atoms with Gasteiger partial charge in [-0.1, -0.05) is 0 Å². The van der Waals surface area contributed by atoms with Crippen LogP contribution in [0.25, 0.3) is 0 Å². The molecule has 0 fully saturated rings. The molecule has 110 valence electrons. The molecule has 0 atom stereocenters. The minimum Gasteiger partial charge on any atom is -0.494 e. The van der Waals surface area contributed by atoms with Crippen molar-refractivity contribution in [2.75, 3.05) is 45.8 Å². The molecule has 1 rings (SSSR count). The lowest BCUT2D eigenvalue weighted by molar-refractivity contribution is 0.365. The molecule has 0 aliphatic carbocycles. The quantitative estimate of drug-likeness (QED) is 0.277. The summed E-state index contributed by atoms with van der Waals surface area (Å²) >= 11 is 0. The molecule has 0 saturated heterocycles. The van der Waals surface area contributed by atoms with E-state index in [9.17, 15) is 10.2 Å². The number of hydrogen-bond acceptors (Lipinski definition) is 6. The van der Waals surface area contributed by atoms with Crippen molar-refractivity contribution in [3.63, 3.8) is 0 Å². The summed E-state index contributed by atoms with van der Waals surface area (Å²) in [5.41, 5.74) is 5.36. The number of nitrogens with zero attached hydrogens (tertiary/aromatic N) is 1. The average molecular weight is 271 g/mol. The van der Waals surface area contributed by atoms with Crippen LogP contribution in [0.5, 0.6) is 11.8 Å². The molecule has 1 heterocycles. The van der Waals surface area contributed by atoms with Gasteiger partial charge in [-0.2, -0.15) is 0 Å². The van der Waals surface area contributed by atoms with Gasteiger partial charge in [0.25, 0.3) is 0 Å². The molecule has 7 nitrogen and oxygen atoms in total. The van der Waals surface area contributed by atoms with E-state index >= 15 is 0 Å². The van der Waals surface area contributed by atoms with Gasteiger partial charge in [0.15, 0.2) is 11.8 Å². The molecular formula is C12H25N5O2. The van der Waals surface area contributed by atoms with Crippen LogP contribution in [0, 0.1) is 0 Å². The summed E-state index contributed by atoms with van der Waals surface area (Å²) in [4.78, 5) is 0. The summed E-state index contributed by atoms with van der Waals surface area (Å²) in [6.07, 6.45) is 0. The van der Waals surface area contributed by atoms with E-state index in [0.717, 1.165) is 32.7 Å². The van der Waals surface area contributed by atoms with Gasteiger partial charge < -0.3 is 31.9 Å². The van der Waals surface area contributed by atoms with E-state index < -0.39 is 0 Å². The van der Waals surface area contributed by atoms with Crippen LogP contribution < -0.4 is 21.7 Å². The van der Waals surface area contributed by atoms with Gasteiger partial charge in [-0.25, -0.2) is 0 Å². The molecular weight excluding hydrogens is 246 g/mol. The van der Waals surface area contributed by atoms with Gasteiger partial charge in [0.2, 0.25) is 0 Å². The minimum absolute atomic E-state index is 0.0865. The van der Waals surface area contributed by atoms with Gasteiger partial charge in [-0.3, -0.25) is 4.57 Å². The Bertz CT molecular complexity index is 323. The first-order valence-electron chi connectivity index (χ1n) is 6.65. The fraction of sp³-hybridized carbons (Fsp3) is 0.667. The summed E-state index contributed by atoms with van der Waals surface area (Å²) in [6, 6.07) is 2.95. The van der Waals surface area contributed by atoms with Crippen molar-refractivity contribution in [1.82, 2.24) is 20.5 Å². The van der Waals surface area contributed by atoms with Crippen molar-refractivity contribution < 1.29 is 10.2 Å². The normalized spacial score (nSPS) is 11.0. The SMILES string of the molecule is NCCNCCNCCNCCn1c(O)ccc1O. The Kier molecular flexibility index (Phi) is 7.99. The van der Waals surface area contributed by atoms with Gasteiger partial charge in [0, 0.05) is 64.5 Å². The van der Waals surface area contributed by atoms with Crippen LogP contribution in [-0.2, 0) is 6.54 Å². The molecule has 7 heteroatoms. The maximum Gasteiger partial charge on any atom is 0.193 e. The first kappa shape index (κ1) is 15.8. The van der Waals surface area contributed by atoms with E-state index in [1.54, 1.807) is 0 Å². The molecule has 7 N–H and O–H groups in total. The van der Waals surface area contributed by atoms with E-state index in [4.69, 9.17) is 5.73 Å². The average Bonchev–Trinajstić information content (AvgIpc) is 2.72. The third-order valence-corrected chi connectivity index (χ3v) is 2.72. The predicted molar refractivity (Wildman–Crippen MR) is 75.4 cm³/mol. The van der Waals surface area contributed by atoms with Gasteiger partial charge in [-0.15, -0.1) is 0 Å². The van der Waals surface area contributed by atoms with E-state index in [1.807, 2.05) is 0 Å². The Morgan fingerprint density at radius 1 is 0.842 bits per heavy atom. The lowest BCUT2D eigenvalue weighted by Crippen LogP contribution is -2.34. The molecule has 0 unspecified atom stereocenters. The van der Waals surface area contributed by atoms with E-state index in [2.05, 4.69) is 16.0 Å². The van der Waals surface area contributed by atoms with Crippen molar-refractivity contribution in [1.29, 1.82) is 0 Å². The highest BCUT2D eigenvalue weighted by molar-refractivity contribution is 5.23. The Labute approximate surface area is 113 Å². The topological polar surface area (TPSA) is 108 Å². The van der Waals surface area contributed by atoms with Crippen LogP contribution in [0.15, 0.2) is 12.1 Å². The Morgan fingerprint density at radius 2 is 1.32 bits per heavy atom. The van der Waals surface area contributed by atoms with Crippen LogP contribution in [0.2, 0.25) is 0 Å². The van der Waals surface area contributed by atoms with E-state index in [1.165, 1.54) is 16.7 Å². The Morgan fingerprint density at radius 3 is 1.84 bits per heavy atom. The Balaban J connectivity index is 1.92. The predicted octanol–water partition coefficient (Wildman–Crippen LogP) is -1.37. The fourth-order valence-corrected chi connectivity index (χ4v) is 1.70. The largest absolute Gasteiger partial charge is 0.494 e. The monoisotopic (exact) mass is 271 g/mol. The number of aromatic nitrogens is 1. The van der Waals surface area contributed by atoms with Crippen LogP contribution in [0.4, 0.5) is 0 Å². The molecule has 1 aromatic heterocycles. The smallest absolute Gasteiger partial charge is 0.193 e. The summed E-state index contributed by atoms with van der Waals surface area (Å²) in [5, 5.41) is 28.6. The zero-order valence-electron chi connectivity index (χ0n) is 11.2. The molecule has 0 aromatic carbocycles. The highest BCUT2D eigenvalue weighted by Crippen LogP contribution is 2.19. The molecule has 0 aliphatic rings. The molecule has 1 aromatic rings. The summed E-state index contributed by atoms with van der Waals surface area (Å²) in [5.74, 6) is 0.173. The van der Waals surface area contributed by atoms with E-state index in [-0.39, 0.29) is 11.8 Å². The second kappa shape index (κ2) is 9.62. The molecule has 0 radical (unpaired) electrons. The molecule has 0 aliphatic heterocycles. The maximum absolute atomic E-state index is 9.42. The number of rotatable bonds is 11. The minimum atomic E-state index is 0.0865. The van der Waals surface area contributed by atoms with Crippen LogP contribution in [-0.4, -0.2) is 60.6 Å². The second-order valence-electron chi connectivity index (χ2n) is 4.24. The van der Waals surface area contributed by atoms with Crippen molar-refractivity contribution in [2.24, 2.45) is 5.73 Å². The zero-order chi connectivity index (χ0) is 13.9. The van der Waals surface area contributed by atoms with E-state index in [0.29, 0.717) is 19.6 Å². The van der Waals surface area contributed by atoms with Crippen molar-refractivity contribution in [2.45, 2.75) is 6.54 Å². The van der Waals surface area contributed by atoms with Gasteiger partial charge in [0.1, 0.15) is 0 Å². The zero-order valence-corrected chi connectivity index (χ0v) is 11.2. The van der Waals surface area contributed by atoms with Crippen LogP contribution in [0.3, 0.4) is 0 Å². The van der Waals surface area contributed by atoms with Crippen molar-refractivity contribution >= 4 is 0 Å². The van der Waals surface area contributed by atoms with Gasteiger partial charge >= 0.3 is 0 Å². The lowest BCUT2D eigenvalue weighted by atomic mass is 10.5. The summed E-state index contributed by atoms with van der Waals surface area (Å²) in [6.45, 7) is 6.33.